The molecular weight excluding hydrogens is 314 g/mol. The van der Waals surface area contributed by atoms with Gasteiger partial charge in [0.25, 0.3) is 0 Å². The van der Waals surface area contributed by atoms with Crippen LogP contribution in [0.1, 0.15) is 18.5 Å². The van der Waals surface area contributed by atoms with E-state index < -0.39 is 0 Å². The summed E-state index contributed by atoms with van der Waals surface area (Å²) in [5.74, 6) is 0.788. The normalized spacial score (nSPS) is 18.9. The number of aromatic nitrogens is 1. The maximum Gasteiger partial charge on any atom is 0.123 e. The fourth-order valence-electron chi connectivity index (χ4n) is 3.07. The highest BCUT2D eigenvalue weighted by Crippen LogP contribution is 2.25. The second-order valence-electron chi connectivity index (χ2n) is 5.81. The van der Waals surface area contributed by atoms with E-state index in [0.29, 0.717) is 0 Å². The van der Waals surface area contributed by atoms with E-state index >= 15 is 0 Å². The number of thiazole rings is 1. The Morgan fingerprint density at radius 2 is 2.14 bits per heavy atom. The van der Waals surface area contributed by atoms with Crippen LogP contribution >= 0.6 is 23.7 Å². The molecule has 1 unspecified atom stereocenters. The second kappa shape index (κ2) is 8.63. The van der Waals surface area contributed by atoms with E-state index in [1.807, 2.05) is 13.1 Å². The molecule has 0 saturated carbocycles. The van der Waals surface area contributed by atoms with Crippen molar-refractivity contribution in [1.82, 2.24) is 15.2 Å². The van der Waals surface area contributed by atoms with Crippen molar-refractivity contribution in [1.29, 1.82) is 0 Å². The molecule has 2 heterocycles. The molecule has 2 aromatic rings. The summed E-state index contributed by atoms with van der Waals surface area (Å²) in [7, 11) is 2.05. The van der Waals surface area contributed by atoms with Gasteiger partial charge in [-0.2, -0.15) is 0 Å². The molecule has 1 aliphatic heterocycles. The predicted octanol–water partition coefficient (Wildman–Crippen LogP) is 3.66. The van der Waals surface area contributed by atoms with E-state index in [4.69, 9.17) is 4.98 Å². The van der Waals surface area contributed by atoms with Crippen LogP contribution in [0.3, 0.4) is 0 Å². The average Bonchev–Trinajstić information content (AvgIpc) is 2.97. The Morgan fingerprint density at radius 1 is 1.32 bits per heavy atom. The van der Waals surface area contributed by atoms with Crippen molar-refractivity contribution in [3.05, 3.63) is 41.4 Å². The minimum atomic E-state index is 0. The maximum absolute atomic E-state index is 4.81. The SMILES string of the molecule is CNCC1CCCN(Cc2csc(-c3ccccc3)n2)C1.Cl. The van der Waals surface area contributed by atoms with Gasteiger partial charge in [-0.05, 0) is 38.9 Å². The van der Waals surface area contributed by atoms with Crippen molar-refractivity contribution in [3.63, 3.8) is 0 Å². The molecule has 1 N–H and O–H groups in total. The monoisotopic (exact) mass is 337 g/mol. The average molecular weight is 338 g/mol. The molecule has 3 nitrogen and oxygen atoms in total. The molecule has 0 amide bonds. The lowest BCUT2D eigenvalue weighted by Gasteiger charge is -2.32. The van der Waals surface area contributed by atoms with E-state index in [1.54, 1.807) is 11.3 Å². The van der Waals surface area contributed by atoms with Gasteiger partial charge < -0.3 is 5.32 Å². The van der Waals surface area contributed by atoms with Crippen molar-refractivity contribution >= 4 is 23.7 Å². The molecule has 1 saturated heterocycles. The summed E-state index contributed by atoms with van der Waals surface area (Å²) < 4.78 is 0. The molecule has 1 aliphatic rings. The molecule has 22 heavy (non-hydrogen) atoms. The molecule has 120 valence electrons. The standard InChI is InChI=1S/C17H23N3S.ClH/c1-18-10-14-6-5-9-20(11-14)12-16-13-21-17(19-16)15-7-3-2-4-8-15;/h2-4,7-8,13-14,18H,5-6,9-12H2,1H3;1H. The van der Waals surface area contributed by atoms with Crippen molar-refractivity contribution < 1.29 is 0 Å². The van der Waals surface area contributed by atoms with Gasteiger partial charge in [-0.1, -0.05) is 30.3 Å². The Bertz CT molecular complexity index is 556. The molecule has 1 fully saturated rings. The summed E-state index contributed by atoms with van der Waals surface area (Å²) >= 11 is 1.75. The highest BCUT2D eigenvalue weighted by Gasteiger charge is 2.20. The molecule has 0 spiro atoms. The highest BCUT2D eigenvalue weighted by molar-refractivity contribution is 7.13. The number of likely N-dealkylation sites (tertiary alicyclic amines) is 1. The number of benzene rings is 1. The zero-order valence-electron chi connectivity index (χ0n) is 13.0. The quantitative estimate of drug-likeness (QED) is 0.902. The van der Waals surface area contributed by atoms with Crippen LogP contribution in [0, 0.1) is 5.92 Å². The first-order chi connectivity index (χ1) is 10.3. The largest absolute Gasteiger partial charge is 0.319 e. The Hall–Kier alpha value is -0.940. The number of hydrogen-bond donors (Lipinski definition) is 1. The second-order valence-corrected chi connectivity index (χ2v) is 6.67. The predicted molar refractivity (Wildman–Crippen MR) is 96.7 cm³/mol. The lowest BCUT2D eigenvalue weighted by molar-refractivity contribution is 0.165. The number of halogens is 1. The molecule has 0 bridgehead atoms. The number of nitrogens with one attached hydrogen (secondary N) is 1. The van der Waals surface area contributed by atoms with E-state index in [2.05, 4.69) is 39.9 Å². The topological polar surface area (TPSA) is 28.2 Å². The third-order valence-corrected chi connectivity index (χ3v) is 4.99. The van der Waals surface area contributed by atoms with Crippen molar-refractivity contribution in [3.8, 4) is 10.6 Å². The van der Waals surface area contributed by atoms with E-state index in [-0.39, 0.29) is 12.4 Å². The van der Waals surface area contributed by atoms with Gasteiger partial charge >= 0.3 is 0 Å². The fourth-order valence-corrected chi connectivity index (χ4v) is 3.89. The van der Waals surface area contributed by atoms with Gasteiger partial charge in [0.2, 0.25) is 0 Å². The fraction of sp³-hybridized carbons (Fsp3) is 0.471. The highest BCUT2D eigenvalue weighted by atomic mass is 35.5. The van der Waals surface area contributed by atoms with Gasteiger partial charge in [-0.3, -0.25) is 4.90 Å². The Kier molecular flexibility index (Phi) is 6.83. The number of hydrogen-bond acceptors (Lipinski definition) is 4. The first kappa shape index (κ1) is 17.4. The lowest BCUT2D eigenvalue weighted by Crippen LogP contribution is -2.38. The minimum absolute atomic E-state index is 0. The maximum atomic E-state index is 4.81. The van der Waals surface area contributed by atoms with E-state index in [0.717, 1.165) is 24.0 Å². The van der Waals surface area contributed by atoms with E-state index in [1.165, 1.54) is 37.2 Å². The molecule has 0 aliphatic carbocycles. The van der Waals surface area contributed by atoms with Crippen LogP contribution in [0.2, 0.25) is 0 Å². The Labute approximate surface area is 143 Å². The first-order valence-corrected chi connectivity index (χ1v) is 8.60. The van der Waals surface area contributed by atoms with E-state index in [9.17, 15) is 0 Å². The zero-order chi connectivity index (χ0) is 14.5. The van der Waals surface area contributed by atoms with Crippen LogP contribution in [0.4, 0.5) is 0 Å². The summed E-state index contributed by atoms with van der Waals surface area (Å²) in [4.78, 5) is 7.36. The molecule has 0 radical (unpaired) electrons. The number of piperidine rings is 1. The molecule has 1 aromatic heterocycles. The third-order valence-electron chi connectivity index (χ3n) is 4.05. The summed E-state index contributed by atoms with van der Waals surface area (Å²) in [6.45, 7) is 4.52. The molecule has 5 heteroatoms. The Morgan fingerprint density at radius 3 is 2.91 bits per heavy atom. The lowest BCUT2D eigenvalue weighted by atomic mass is 9.98. The third kappa shape index (κ3) is 4.53. The summed E-state index contributed by atoms with van der Waals surface area (Å²) in [6.07, 6.45) is 2.66. The van der Waals surface area contributed by atoms with Crippen molar-refractivity contribution in [2.75, 3.05) is 26.7 Å². The minimum Gasteiger partial charge on any atom is -0.319 e. The van der Waals surface area contributed by atoms with Crippen LogP contribution in [-0.4, -0.2) is 36.6 Å². The number of nitrogens with zero attached hydrogens (tertiary/aromatic N) is 2. The smallest absolute Gasteiger partial charge is 0.123 e. The summed E-state index contributed by atoms with van der Waals surface area (Å²) in [5, 5.41) is 6.65. The van der Waals surface area contributed by atoms with Gasteiger partial charge in [0.1, 0.15) is 5.01 Å². The Balaban J connectivity index is 0.00000176. The zero-order valence-corrected chi connectivity index (χ0v) is 14.6. The van der Waals surface area contributed by atoms with Crippen LogP contribution in [-0.2, 0) is 6.54 Å². The van der Waals surface area contributed by atoms with Crippen LogP contribution in [0.5, 0.6) is 0 Å². The molecule has 3 rings (SSSR count). The number of rotatable bonds is 5. The summed E-state index contributed by atoms with van der Waals surface area (Å²) in [5.41, 5.74) is 2.43. The summed E-state index contributed by atoms with van der Waals surface area (Å²) in [6, 6.07) is 10.5. The van der Waals surface area contributed by atoms with Gasteiger partial charge in [0.15, 0.2) is 0 Å². The van der Waals surface area contributed by atoms with Crippen molar-refractivity contribution in [2.45, 2.75) is 19.4 Å². The van der Waals surface area contributed by atoms with Gasteiger partial charge in [-0.15, -0.1) is 23.7 Å². The van der Waals surface area contributed by atoms with Crippen LogP contribution in [0.15, 0.2) is 35.7 Å². The van der Waals surface area contributed by atoms with Gasteiger partial charge in [0, 0.05) is 24.0 Å². The first-order valence-electron chi connectivity index (χ1n) is 7.72. The molecule has 1 atom stereocenters. The molecular formula is C17H24ClN3S. The van der Waals surface area contributed by atoms with Gasteiger partial charge in [0.05, 0.1) is 5.69 Å². The van der Waals surface area contributed by atoms with Crippen molar-refractivity contribution in [2.24, 2.45) is 5.92 Å². The van der Waals surface area contributed by atoms with Gasteiger partial charge in [-0.25, -0.2) is 4.98 Å². The van der Waals surface area contributed by atoms with Crippen LogP contribution < -0.4 is 5.32 Å². The van der Waals surface area contributed by atoms with Crippen LogP contribution in [0.25, 0.3) is 10.6 Å². The molecule has 1 aromatic carbocycles.